The van der Waals surface area contributed by atoms with Gasteiger partial charge < -0.3 is 25.2 Å². The van der Waals surface area contributed by atoms with Gasteiger partial charge in [-0.25, -0.2) is 0 Å². The number of fused-ring (bicyclic) bond motifs is 5. The number of hydrogen-bond donors (Lipinski definition) is 4. The van der Waals surface area contributed by atoms with E-state index in [1.807, 2.05) is 20.8 Å². The lowest BCUT2D eigenvalue weighted by Crippen LogP contribution is -2.72. The fourth-order valence-corrected chi connectivity index (χ4v) is 9.41. The van der Waals surface area contributed by atoms with E-state index in [0.717, 1.165) is 25.7 Å². The number of aliphatic hydroxyl groups excluding tert-OH is 3. The molecule has 4 aliphatic rings. The normalized spacial score (nSPS) is 48.6. The van der Waals surface area contributed by atoms with Crippen LogP contribution >= 0.6 is 0 Å². The molecule has 0 aromatic carbocycles. The monoisotopic (exact) mass is 506 g/mol. The lowest BCUT2D eigenvalue weighted by atomic mass is 9.41. The summed E-state index contributed by atoms with van der Waals surface area (Å²) < 4.78 is 5.54. The van der Waals surface area contributed by atoms with Gasteiger partial charge in [0.1, 0.15) is 11.2 Å². The van der Waals surface area contributed by atoms with Gasteiger partial charge in [0.15, 0.2) is 0 Å². The number of carbonyl (C=O) groups excluding carboxylic acids is 1. The zero-order valence-corrected chi connectivity index (χ0v) is 23.4. The van der Waals surface area contributed by atoms with Crippen molar-refractivity contribution < 1.29 is 30.0 Å². The Kier molecular flexibility index (Phi) is 7.29. The van der Waals surface area contributed by atoms with Crippen molar-refractivity contribution in [3.05, 3.63) is 12.2 Å². The Bertz CT molecular complexity index is 870. The first-order chi connectivity index (χ1) is 16.6. The molecule has 0 aromatic rings. The van der Waals surface area contributed by atoms with Crippen LogP contribution in [0.2, 0.25) is 0 Å². The van der Waals surface area contributed by atoms with Gasteiger partial charge in [0, 0.05) is 24.7 Å². The SMILES string of the molecule is CC(=O)OC(C)(C)[C@@H](C)/C=C/[C@@H](C)[C@H]1CC[C@H]2[C@@H]3C[C@@H](O)[C@@]4(O)C[C@@H](O)C[C@@H](O)[C@]4(C)[C@H]3CC[C@]12C. The molecule has 4 rings (SSSR count). The van der Waals surface area contributed by atoms with Crippen molar-refractivity contribution in [2.75, 3.05) is 0 Å². The molecule has 6 heteroatoms. The second-order valence-electron chi connectivity index (χ2n) is 13.9. The van der Waals surface area contributed by atoms with E-state index in [2.05, 4.69) is 32.9 Å². The van der Waals surface area contributed by atoms with Gasteiger partial charge in [0.05, 0.1) is 18.3 Å². The zero-order valence-electron chi connectivity index (χ0n) is 23.4. The molecule has 0 amide bonds. The van der Waals surface area contributed by atoms with Gasteiger partial charge in [-0.2, -0.15) is 0 Å². The summed E-state index contributed by atoms with van der Waals surface area (Å²) in [5.41, 5.74) is -2.67. The van der Waals surface area contributed by atoms with Gasteiger partial charge in [0.2, 0.25) is 0 Å². The molecule has 0 radical (unpaired) electrons. The van der Waals surface area contributed by atoms with E-state index in [4.69, 9.17) is 4.74 Å². The largest absolute Gasteiger partial charge is 0.459 e. The summed E-state index contributed by atoms with van der Waals surface area (Å²) >= 11 is 0. The summed E-state index contributed by atoms with van der Waals surface area (Å²) in [6.45, 7) is 14.2. The van der Waals surface area contributed by atoms with Crippen molar-refractivity contribution in [1.29, 1.82) is 0 Å². The van der Waals surface area contributed by atoms with E-state index >= 15 is 0 Å². The van der Waals surface area contributed by atoms with E-state index in [1.165, 1.54) is 6.92 Å². The topological polar surface area (TPSA) is 107 Å². The average Bonchev–Trinajstić information content (AvgIpc) is 3.11. The number of aliphatic hydroxyl groups is 4. The lowest BCUT2D eigenvalue weighted by Gasteiger charge is -2.66. The molecule has 36 heavy (non-hydrogen) atoms. The summed E-state index contributed by atoms with van der Waals surface area (Å²) in [4.78, 5) is 11.5. The smallest absolute Gasteiger partial charge is 0.303 e. The Labute approximate surface area is 217 Å². The Hall–Kier alpha value is -0.950. The lowest BCUT2D eigenvalue weighted by molar-refractivity contribution is -0.294. The molecule has 4 saturated carbocycles. The first-order valence-electron chi connectivity index (χ1n) is 14.2. The van der Waals surface area contributed by atoms with Crippen LogP contribution in [-0.4, -0.2) is 55.9 Å². The van der Waals surface area contributed by atoms with Gasteiger partial charge in [-0.15, -0.1) is 0 Å². The maximum absolute atomic E-state index is 11.7. The minimum atomic E-state index is -1.45. The predicted molar refractivity (Wildman–Crippen MR) is 139 cm³/mol. The molecule has 0 unspecified atom stereocenters. The van der Waals surface area contributed by atoms with E-state index in [-0.39, 0.29) is 42.0 Å². The van der Waals surface area contributed by atoms with Crippen LogP contribution in [-0.2, 0) is 9.53 Å². The molecule has 4 fully saturated rings. The van der Waals surface area contributed by atoms with Crippen LogP contribution in [0.15, 0.2) is 12.2 Å². The third kappa shape index (κ3) is 4.19. The number of allylic oxidation sites excluding steroid dienone is 1. The van der Waals surface area contributed by atoms with Gasteiger partial charge in [-0.1, -0.05) is 39.8 Å². The Morgan fingerprint density at radius 3 is 2.31 bits per heavy atom. The van der Waals surface area contributed by atoms with Crippen molar-refractivity contribution in [2.24, 2.45) is 46.3 Å². The van der Waals surface area contributed by atoms with Crippen LogP contribution in [0.3, 0.4) is 0 Å². The molecule has 206 valence electrons. The molecule has 0 bridgehead atoms. The number of hydrogen-bond acceptors (Lipinski definition) is 6. The summed E-state index contributed by atoms with van der Waals surface area (Å²) in [6, 6.07) is 0. The van der Waals surface area contributed by atoms with Crippen LogP contribution in [0.5, 0.6) is 0 Å². The highest BCUT2D eigenvalue weighted by Gasteiger charge is 2.70. The third-order valence-corrected chi connectivity index (χ3v) is 11.8. The molecule has 6 nitrogen and oxygen atoms in total. The fourth-order valence-electron chi connectivity index (χ4n) is 9.41. The predicted octanol–water partition coefficient (Wildman–Crippen LogP) is 4.23. The van der Waals surface area contributed by atoms with Crippen molar-refractivity contribution in [3.63, 3.8) is 0 Å². The molecular formula is C30H50O6. The highest BCUT2D eigenvalue weighted by molar-refractivity contribution is 5.66. The minimum absolute atomic E-state index is 0.0962. The van der Waals surface area contributed by atoms with Crippen molar-refractivity contribution in [1.82, 2.24) is 0 Å². The minimum Gasteiger partial charge on any atom is -0.459 e. The van der Waals surface area contributed by atoms with Crippen molar-refractivity contribution >= 4 is 5.97 Å². The van der Waals surface area contributed by atoms with E-state index in [0.29, 0.717) is 24.2 Å². The Morgan fingerprint density at radius 1 is 1.00 bits per heavy atom. The molecule has 4 aliphatic carbocycles. The second-order valence-corrected chi connectivity index (χ2v) is 13.9. The van der Waals surface area contributed by atoms with Crippen LogP contribution in [0.25, 0.3) is 0 Å². The quantitative estimate of drug-likeness (QED) is 0.328. The molecule has 0 aromatic heterocycles. The van der Waals surface area contributed by atoms with Crippen LogP contribution in [0.1, 0.15) is 93.4 Å². The summed E-state index contributed by atoms with van der Waals surface area (Å²) in [6.07, 6.45) is 7.14. The molecular weight excluding hydrogens is 456 g/mol. The highest BCUT2D eigenvalue weighted by Crippen LogP contribution is 2.69. The molecule has 0 saturated heterocycles. The molecule has 0 heterocycles. The first-order valence-corrected chi connectivity index (χ1v) is 14.2. The van der Waals surface area contributed by atoms with Crippen molar-refractivity contribution in [2.45, 2.75) is 123 Å². The van der Waals surface area contributed by atoms with Crippen LogP contribution in [0.4, 0.5) is 0 Å². The number of esters is 1. The highest BCUT2D eigenvalue weighted by atomic mass is 16.6. The fraction of sp³-hybridized carbons (Fsp3) is 0.900. The van der Waals surface area contributed by atoms with Crippen molar-refractivity contribution in [3.8, 4) is 0 Å². The Morgan fingerprint density at radius 2 is 1.67 bits per heavy atom. The van der Waals surface area contributed by atoms with Crippen LogP contribution < -0.4 is 0 Å². The molecule has 0 aliphatic heterocycles. The van der Waals surface area contributed by atoms with Gasteiger partial charge >= 0.3 is 5.97 Å². The van der Waals surface area contributed by atoms with E-state index < -0.39 is 34.9 Å². The number of ether oxygens (including phenoxy) is 1. The van der Waals surface area contributed by atoms with E-state index in [9.17, 15) is 25.2 Å². The van der Waals surface area contributed by atoms with E-state index in [1.54, 1.807) is 0 Å². The van der Waals surface area contributed by atoms with Gasteiger partial charge in [-0.05, 0) is 87.4 Å². The standard InChI is InChI=1S/C30H50O6/c1-17(8-9-18(2)27(4,5)36-19(3)31)22-10-11-23-21-15-26(34)30(35)16-20(32)14-25(33)29(30,7)24(21)12-13-28(22,23)6/h8-9,17-18,20-26,32-35H,10-16H2,1-7H3/b9-8+/t17-,18+,20+,21+,22-,23+,24+,25-,26-,28-,29+,30+/m1/s1. The first kappa shape index (κ1) is 28.1. The molecule has 12 atom stereocenters. The average molecular weight is 507 g/mol. The van der Waals surface area contributed by atoms with Crippen LogP contribution in [0, 0.1) is 46.3 Å². The molecule has 4 N–H and O–H groups in total. The Balaban J connectivity index is 1.54. The van der Waals surface area contributed by atoms with Gasteiger partial charge in [0.25, 0.3) is 0 Å². The third-order valence-electron chi connectivity index (χ3n) is 11.8. The summed E-state index contributed by atoms with van der Waals surface area (Å²) in [5.74, 6) is 1.58. The maximum atomic E-state index is 11.7. The number of rotatable bonds is 5. The van der Waals surface area contributed by atoms with Gasteiger partial charge in [-0.3, -0.25) is 4.79 Å². The second kappa shape index (κ2) is 9.36. The summed E-state index contributed by atoms with van der Waals surface area (Å²) in [5, 5.41) is 44.4. The molecule has 0 spiro atoms. The number of carbonyl (C=O) groups is 1. The zero-order chi connectivity index (χ0) is 26.8. The maximum Gasteiger partial charge on any atom is 0.303 e. The summed E-state index contributed by atoms with van der Waals surface area (Å²) in [7, 11) is 0.